The molecule has 0 saturated carbocycles. The van der Waals surface area contributed by atoms with Crippen LogP contribution in [0.1, 0.15) is 5.56 Å². The Bertz CT molecular complexity index is 1010. The molecule has 0 aliphatic rings. The van der Waals surface area contributed by atoms with Crippen molar-refractivity contribution in [1.29, 1.82) is 0 Å². The molecule has 0 aliphatic heterocycles. The zero-order valence-electron chi connectivity index (χ0n) is 13.5. The van der Waals surface area contributed by atoms with Crippen LogP contribution in [-0.2, 0) is 6.18 Å². The van der Waals surface area contributed by atoms with Crippen molar-refractivity contribution in [3.8, 4) is 22.7 Å². The molecule has 148 valence electrons. The van der Waals surface area contributed by atoms with Crippen molar-refractivity contribution in [2.45, 2.75) is 12.5 Å². The Kier molecular flexibility index (Phi) is 4.65. The van der Waals surface area contributed by atoms with E-state index in [0.717, 1.165) is 35.1 Å². The summed E-state index contributed by atoms with van der Waals surface area (Å²) in [6.07, 6.45) is -8.12. The first-order valence-corrected chi connectivity index (χ1v) is 7.37. The quantitative estimate of drug-likeness (QED) is 0.647. The molecule has 0 atom stereocenters. The number of aromatic nitrogens is 3. The van der Waals surface area contributed by atoms with Gasteiger partial charge in [-0.2, -0.15) is 18.3 Å². The van der Waals surface area contributed by atoms with E-state index < -0.39 is 29.7 Å². The molecule has 3 rings (SSSR count). The second-order valence-corrected chi connectivity index (χ2v) is 5.52. The molecule has 0 fully saturated rings. The number of ether oxygens (including phenoxy) is 1. The van der Waals surface area contributed by atoms with Crippen LogP contribution in [0, 0.1) is 5.82 Å². The molecule has 5 nitrogen and oxygen atoms in total. The Labute approximate surface area is 152 Å². The minimum atomic E-state index is -5.06. The van der Waals surface area contributed by atoms with Crippen LogP contribution < -0.4 is 10.5 Å². The number of nitrogens with two attached hydrogens (primary N) is 1. The van der Waals surface area contributed by atoms with Gasteiger partial charge in [-0.1, -0.05) is 0 Å². The molecule has 2 aromatic heterocycles. The smallest absolute Gasteiger partial charge is 0.406 e. The zero-order valence-corrected chi connectivity index (χ0v) is 13.5. The van der Waals surface area contributed by atoms with Gasteiger partial charge in [-0.3, -0.25) is 4.98 Å². The van der Waals surface area contributed by atoms with Gasteiger partial charge in [0, 0.05) is 23.9 Å². The second-order valence-electron chi connectivity index (χ2n) is 5.52. The van der Waals surface area contributed by atoms with E-state index >= 15 is 0 Å². The van der Waals surface area contributed by atoms with E-state index in [9.17, 15) is 30.7 Å². The van der Waals surface area contributed by atoms with Crippen LogP contribution in [0.4, 0.5) is 36.6 Å². The second kappa shape index (κ2) is 6.69. The number of hydrogen-bond acceptors (Lipinski definition) is 4. The Hall–Kier alpha value is -3.31. The molecule has 1 aromatic carbocycles. The molecule has 0 radical (unpaired) electrons. The van der Waals surface area contributed by atoms with Crippen LogP contribution in [0.5, 0.6) is 5.75 Å². The maximum atomic E-state index is 13.8. The predicted octanol–water partition coefficient (Wildman–Crippen LogP) is 4.57. The Morgan fingerprint density at radius 3 is 2.29 bits per heavy atom. The number of benzene rings is 1. The normalized spacial score (nSPS) is 12.2. The number of nitrogens with zero attached hydrogens (tertiary/aromatic N) is 3. The van der Waals surface area contributed by atoms with Crippen molar-refractivity contribution in [2.75, 3.05) is 5.73 Å². The van der Waals surface area contributed by atoms with E-state index in [1.807, 2.05) is 0 Å². The molecule has 0 amide bonds. The van der Waals surface area contributed by atoms with Crippen LogP contribution in [0.15, 0.2) is 42.7 Å². The third-order valence-corrected chi connectivity index (χ3v) is 3.42. The summed E-state index contributed by atoms with van der Waals surface area (Å²) in [4.78, 5) is 3.49. The van der Waals surface area contributed by atoms with Gasteiger partial charge < -0.3 is 10.5 Å². The highest BCUT2D eigenvalue weighted by atomic mass is 19.4. The fourth-order valence-electron chi connectivity index (χ4n) is 2.40. The number of pyridine rings is 1. The molecule has 0 aliphatic carbocycles. The van der Waals surface area contributed by atoms with Gasteiger partial charge in [0.15, 0.2) is 0 Å². The molecule has 0 saturated heterocycles. The van der Waals surface area contributed by atoms with Gasteiger partial charge in [-0.25, -0.2) is 9.07 Å². The van der Waals surface area contributed by atoms with Crippen LogP contribution in [0.25, 0.3) is 16.9 Å². The van der Waals surface area contributed by atoms with Crippen molar-refractivity contribution in [3.63, 3.8) is 0 Å². The first-order chi connectivity index (χ1) is 12.9. The third-order valence-electron chi connectivity index (χ3n) is 3.42. The lowest BCUT2D eigenvalue weighted by molar-refractivity contribution is -0.274. The molecule has 0 unspecified atom stereocenters. The van der Waals surface area contributed by atoms with Crippen LogP contribution in [0.2, 0.25) is 0 Å². The third kappa shape index (κ3) is 4.32. The summed E-state index contributed by atoms with van der Waals surface area (Å²) in [6.45, 7) is 0. The molecule has 2 N–H and O–H groups in total. The average Bonchev–Trinajstić information content (AvgIpc) is 2.94. The molecular weight excluding hydrogens is 397 g/mol. The molecular formula is C16H9F7N4O. The highest BCUT2D eigenvalue weighted by Gasteiger charge is 2.32. The molecule has 0 bridgehead atoms. The van der Waals surface area contributed by atoms with E-state index in [1.54, 1.807) is 0 Å². The van der Waals surface area contributed by atoms with Crippen molar-refractivity contribution >= 4 is 5.82 Å². The van der Waals surface area contributed by atoms with Gasteiger partial charge in [0.1, 0.15) is 17.4 Å². The van der Waals surface area contributed by atoms with Gasteiger partial charge in [-0.15, -0.1) is 13.2 Å². The van der Waals surface area contributed by atoms with E-state index in [-0.39, 0.29) is 22.8 Å². The van der Waals surface area contributed by atoms with Crippen molar-refractivity contribution in [1.82, 2.24) is 14.8 Å². The predicted molar refractivity (Wildman–Crippen MR) is 82.9 cm³/mol. The fraction of sp³-hybridized carbons (Fsp3) is 0.125. The van der Waals surface area contributed by atoms with Gasteiger partial charge in [-0.05, 0) is 18.2 Å². The lowest BCUT2D eigenvalue weighted by atomic mass is 10.1. The monoisotopic (exact) mass is 406 g/mol. The Balaban J connectivity index is 2.12. The summed E-state index contributed by atoms with van der Waals surface area (Å²) in [5.74, 6) is -2.07. The highest BCUT2D eigenvalue weighted by molar-refractivity contribution is 5.67. The minimum Gasteiger partial charge on any atom is -0.406 e. The van der Waals surface area contributed by atoms with E-state index in [4.69, 9.17) is 5.73 Å². The number of nitrogen functional groups attached to an aromatic ring is 1. The number of hydrogen-bond donors (Lipinski definition) is 1. The molecule has 3 aromatic rings. The van der Waals surface area contributed by atoms with E-state index in [0.29, 0.717) is 12.3 Å². The maximum Gasteiger partial charge on any atom is 0.573 e. The summed E-state index contributed by atoms with van der Waals surface area (Å²) in [7, 11) is 0. The standard InChI is InChI=1S/C16H9F7N4O/c17-10-1-8(2-12(4-10)28-16(21,22)23)13-5-14(24)26-27(13)11-3-9(6-25-7-11)15(18,19)20/h1-7H,(H2,24,26). The molecule has 28 heavy (non-hydrogen) atoms. The fourth-order valence-corrected chi connectivity index (χ4v) is 2.40. The number of rotatable bonds is 3. The summed E-state index contributed by atoms with van der Waals surface area (Å²) >= 11 is 0. The van der Waals surface area contributed by atoms with Gasteiger partial charge in [0.05, 0.1) is 23.1 Å². The van der Waals surface area contributed by atoms with Crippen molar-refractivity contribution in [3.05, 3.63) is 54.1 Å². The van der Waals surface area contributed by atoms with E-state index in [1.165, 1.54) is 0 Å². The first-order valence-electron chi connectivity index (χ1n) is 7.37. The summed E-state index contributed by atoms with van der Waals surface area (Å²) in [5.41, 5.74) is 4.10. The number of alkyl halides is 6. The Morgan fingerprint density at radius 1 is 0.929 bits per heavy atom. The van der Waals surface area contributed by atoms with Crippen molar-refractivity contribution in [2.24, 2.45) is 0 Å². The highest BCUT2D eigenvalue weighted by Crippen LogP contribution is 2.33. The van der Waals surface area contributed by atoms with Crippen LogP contribution in [-0.4, -0.2) is 21.1 Å². The summed E-state index contributed by atoms with van der Waals surface area (Å²) in [5, 5.41) is 3.82. The molecule has 0 spiro atoms. The van der Waals surface area contributed by atoms with Crippen LogP contribution in [0.3, 0.4) is 0 Å². The average molecular weight is 406 g/mol. The van der Waals surface area contributed by atoms with Gasteiger partial charge in [0.25, 0.3) is 0 Å². The summed E-state index contributed by atoms with van der Waals surface area (Å²) < 4.78 is 94.4. The molecule has 2 heterocycles. The summed E-state index contributed by atoms with van der Waals surface area (Å²) in [6, 6.07) is 4.09. The SMILES string of the molecule is Nc1cc(-c2cc(F)cc(OC(F)(F)F)c2)n(-c2cncc(C(F)(F)F)c2)n1. The number of halogens is 7. The largest absolute Gasteiger partial charge is 0.573 e. The maximum absolute atomic E-state index is 13.8. The lowest BCUT2D eigenvalue weighted by Crippen LogP contribution is -2.17. The van der Waals surface area contributed by atoms with Gasteiger partial charge in [0.2, 0.25) is 0 Å². The number of anilines is 1. The van der Waals surface area contributed by atoms with E-state index in [2.05, 4.69) is 14.8 Å². The van der Waals surface area contributed by atoms with Crippen molar-refractivity contribution < 1.29 is 35.5 Å². The first kappa shape index (κ1) is 19.5. The lowest BCUT2D eigenvalue weighted by Gasteiger charge is -2.12. The van der Waals surface area contributed by atoms with Crippen LogP contribution >= 0.6 is 0 Å². The molecule has 12 heteroatoms. The Morgan fingerprint density at radius 2 is 1.64 bits per heavy atom. The minimum absolute atomic E-state index is 0.0647. The zero-order chi connectivity index (χ0) is 20.7. The topological polar surface area (TPSA) is 66.0 Å². The van der Waals surface area contributed by atoms with Gasteiger partial charge >= 0.3 is 12.5 Å².